The predicted molar refractivity (Wildman–Crippen MR) is 209 cm³/mol. The average molecular weight is 647 g/mol. The summed E-state index contributed by atoms with van der Waals surface area (Å²) in [6, 6.07) is 48.3. The Morgan fingerprint density at radius 1 is 0.680 bits per heavy atom. The number of aromatic nitrogens is 2. The van der Waals surface area contributed by atoms with Crippen LogP contribution in [0.4, 0.5) is 0 Å². The zero-order chi connectivity index (χ0) is 33.6. The molecule has 0 N–H and O–H groups in total. The first-order valence-electron chi connectivity index (χ1n) is 17.8. The van der Waals surface area contributed by atoms with Gasteiger partial charge in [-0.2, -0.15) is 0 Å². The van der Waals surface area contributed by atoms with E-state index in [1.807, 2.05) is 0 Å². The minimum Gasteiger partial charge on any atom is -0.436 e. The molecule has 1 aliphatic rings. The fourth-order valence-electron chi connectivity index (χ4n) is 7.83. The van der Waals surface area contributed by atoms with Gasteiger partial charge in [0.1, 0.15) is 5.52 Å². The highest BCUT2D eigenvalue weighted by atomic mass is 16.3. The van der Waals surface area contributed by atoms with Gasteiger partial charge in [0.25, 0.3) is 0 Å². The third-order valence-electron chi connectivity index (χ3n) is 10.1. The second-order valence-electron chi connectivity index (χ2n) is 13.4. The number of hydrogen-bond donors (Lipinski definition) is 0. The number of oxazole rings is 1. The van der Waals surface area contributed by atoms with Crippen molar-refractivity contribution in [2.45, 2.75) is 39.5 Å². The van der Waals surface area contributed by atoms with Crippen LogP contribution in [0.2, 0.25) is 0 Å². The summed E-state index contributed by atoms with van der Waals surface area (Å²) >= 11 is 0. The molecule has 6 aromatic carbocycles. The maximum Gasteiger partial charge on any atom is 0.227 e. The summed E-state index contributed by atoms with van der Waals surface area (Å²) in [7, 11) is 0. The fourth-order valence-corrected chi connectivity index (χ4v) is 7.83. The van der Waals surface area contributed by atoms with Crippen molar-refractivity contribution in [3.8, 4) is 50.5 Å². The summed E-state index contributed by atoms with van der Waals surface area (Å²) in [6.07, 6.45) is 8.80. The van der Waals surface area contributed by atoms with E-state index in [4.69, 9.17) is 9.40 Å². The van der Waals surface area contributed by atoms with Gasteiger partial charge in [0.2, 0.25) is 5.89 Å². The number of para-hydroxylation sites is 1. The minimum atomic E-state index is 0.668. The van der Waals surface area contributed by atoms with Crippen LogP contribution in [-0.2, 0) is 12.8 Å². The van der Waals surface area contributed by atoms with Crippen molar-refractivity contribution in [2.75, 3.05) is 0 Å². The number of nitrogens with zero attached hydrogens (tertiary/aromatic N) is 2. The molecule has 0 bridgehead atoms. The lowest BCUT2D eigenvalue weighted by atomic mass is 9.88. The maximum atomic E-state index is 6.37. The zero-order valence-electron chi connectivity index (χ0n) is 28.5. The Balaban J connectivity index is 1.11. The Hall–Kier alpha value is -5.93. The first-order valence-corrected chi connectivity index (χ1v) is 17.8. The monoisotopic (exact) mass is 646 g/mol. The van der Waals surface area contributed by atoms with Crippen LogP contribution < -0.4 is 0 Å². The summed E-state index contributed by atoms with van der Waals surface area (Å²) in [5.74, 6) is 0.668. The van der Waals surface area contributed by atoms with Crippen LogP contribution in [0.25, 0.3) is 78.6 Å². The molecule has 0 spiro atoms. The Morgan fingerprint density at radius 3 is 2.08 bits per heavy atom. The Labute approximate surface area is 293 Å². The van der Waals surface area contributed by atoms with Gasteiger partial charge in [0, 0.05) is 27.9 Å². The largest absolute Gasteiger partial charge is 0.436 e. The number of aryl methyl sites for hydroxylation is 2. The molecule has 0 atom stereocenters. The van der Waals surface area contributed by atoms with E-state index in [1.165, 1.54) is 66.8 Å². The highest BCUT2D eigenvalue weighted by Crippen LogP contribution is 2.41. The van der Waals surface area contributed by atoms with Crippen molar-refractivity contribution in [3.63, 3.8) is 0 Å². The third-order valence-corrected chi connectivity index (χ3v) is 10.1. The first kappa shape index (κ1) is 30.2. The van der Waals surface area contributed by atoms with E-state index in [1.54, 1.807) is 0 Å². The van der Waals surface area contributed by atoms with Crippen molar-refractivity contribution in [3.05, 3.63) is 162 Å². The van der Waals surface area contributed by atoms with Gasteiger partial charge in [-0.05, 0) is 113 Å². The minimum absolute atomic E-state index is 0.668. The standard InChI is InChI=1S/C47H38N2O/c1-3-13-35-28-31(2)29-43-46(35)50-47(48-43)33-24-22-32(23-25-33)37-16-7-9-18-39(37)40-19-10-8-17-38(40)34-26-27-45-42(30-34)41-20-11-12-21-44(41)49(45)36-14-5-4-6-15-36/h4-11,14-20,22-30H,3,12-13,21H2,1-2H3. The highest BCUT2D eigenvalue weighted by molar-refractivity contribution is 5.99. The lowest BCUT2D eigenvalue weighted by Crippen LogP contribution is -2.02. The smallest absolute Gasteiger partial charge is 0.227 e. The molecule has 2 aromatic heterocycles. The van der Waals surface area contributed by atoms with Crippen LogP contribution in [0, 0.1) is 6.92 Å². The number of rotatable bonds is 7. The molecule has 9 rings (SSSR count). The van der Waals surface area contributed by atoms with Crippen LogP contribution in [-0.4, -0.2) is 9.55 Å². The number of fused-ring (bicyclic) bond motifs is 4. The van der Waals surface area contributed by atoms with Crippen LogP contribution in [0.15, 0.2) is 144 Å². The van der Waals surface area contributed by atoms with E-state index in [-0.39, 0.29) is 0 Å². The second-order valence-corrected chi connectivity index (χ2v) is 13.4. The predicted octanol–water partition coefficient (Wildman–Crippen LogP) is 12.7. The summed E-state index contributed by atoms with van der Waals surface area (Å²) in [6.45, 7) is 4.33. The van der Waals surface area contributed by atoms with Crippen molar-refractivity contribution in [1.29, 1.82) is 0 Å². The van der Waals surface area contributed by atoms with E-state index in [9.17, 15) is 0 Å². The number of hydrogen-bond acceptors (Lipinski definition) is 2. The van der Waals surface area contributed by atoms with E-state index in [0.29, 0.717) is 5.89 Å². The molecule has 0 saturated carbocycles. The summed E-state index contributed by atoms with van der Waals surface area (Å²) in [5.41, 5.74) is 17.7. The van der Waals surface area contributed by atoms with E-state index < -0.39 is 0 Å². The molecule has 0 unspecified atom stereocenters. The Kier molecular flexibility index (Phi) is 7.54. The van der Waals surface area contributed by atoms with Gasteiger partial charge < -0.3 is 8.98 Å². The molecule has 0 radical (unpaired) electrons. The second kappa shape index (κ2) is 12.5. The molecule has 0 saturated heterocycles. The van der Waals surface area contributed by atoms with E-state index >= 15 is 0 Å². The lowest BCUT2D eigenvalue weighted by Gasteiger charge is -2.15. The Morgan fingerprint density at radius 2 is 1.34 bits per heavy atom. The van der Waals surface area contributed by atoms with E-state index in [2.05, 4.69) is 164 Å². The summed E-state index contributed by atoms with van der Waals surface area (Å²) in [4.78, 5) is 4.89. The molecule has 3 nitrogen and oxygen atoms in total. The Bertz CT molecular complexity index is 2550. The maximum absolute atomic E-state index is 6.37. The average Bonchev–Trinajstić information content (AvgIpc) is 3.75. The molecule has 0 aliphatic heterocycles. The summed E-state index contributed by atoms with van der Waals surface area (Å²) in [5, 5.41) is 1.30. The molecular formula is C47H38N2O. The van der Waals surface area contributed by atoms with Crippen LogP contribution in [0.3, 0.4) is 0 Å². The molecule has 3 heteroatoms. The van der Waals surface area contributed by atoms with Crippen molar-refractivity contribution >= 4 is 28.1 Å². The summed E-state index contributed by atoms with van der Waals surface area (Å²) < 4.78 is 8.82. The van der Waals surface area contributed by atoms with Crippen molar-refractivity contribution in [1.82, 2.24) is 9.55 Å². The van der Waals surface area contributed by atoms with Gasteiger partial charge in [-0.15, -0.1) is 0 Å². The SMILES string of the molecule is CCCc1cc(C)cc2nc(-c3ccc(-c4ccccc4-c4ccccc4-c4ccc5c(c4)c4c(n5-c5ccccc5)CCC=C4)cc3)oc12. The van der Waals surface area contributed by atoms with Gasteiger partial charge in [0.05, 0.1) is 5.52 Å². The molecule has 2 heterocycles. The number of benzene rings is 6. The van der Waals surface area contributed by atoms with Gasteiger partial charge in [-0.25, -0.2) is 4.98 Å². The lowest BCUT2D eigenvalue weighted by molar-refractivity contribution is 0.614. The van der Waals surface area contributed by atoms with Gasteiger partial charge in [-0.1, -0.05) is 116 Å². The van der Waals surface area contributed by atoms with Crippen LogP contribution in [0.1, 0.15) is 42.1 Å². The van der Waals surface area contributed by atoms with E-state index in [0.717, 1.165) is 47.9 Å². The topological polar surface area (TPSA) is 31.0 Å². The van der Waals surface area contributed by atoms with Crippen molar-refractivity contribution < 1.29 is 4.42 Å². The van der Waals surface area contributed by atoms with Crippen molar-refractivity contribution in [2.24, 2.45) is 0 Å². The molecule has 0 amide bonds. The highest BCUT2D eigenvalue weighted by Gasteiger charge is 2.20. The van der Waals surface area contributed by atoms with Gasteiger partial charge in [-0.3, -0.25) is 0 Å². The molecule has 8 aromatic rings. The van der Waals surface area contributed by atoms with Crippen LogP contribution in [0.5, 0.6) is 0 Å². The van der Waals surface area contributed by atoms with Gasteiger partial charge in [0.15, 0.2) is 5.58 Å². The third kappa shape index (κ3) is 5.18. The normalized spacial score (nSPS) is 12.5. The molecule has 0 fully saturated rings. The quantitative estimate of drug-likeness (QED) is 0.172. The molecule has 50 heavy (non-hydrogen) atoms. The van der Waals surface area contributed by atoms with Gasteiger partial charge >= 0.3 is 0 Å². The van der Waals surface area contributed by atoms with Crippen LogP contribution >= 0.6 is 0 Å². The zero-order valence-corrected chi connectivity index (χ0v) is 28.5. The molecular weight excluding hydrogens is 609 g/mol. The first-order chi connectivity index (χ1) is 24.7. The molecule has 1 aliphatic carbocycles. The fraction of sp³-hybridized carbons (Fsp3) is 0.128. The molecule has 242 valence electrons. The number of allylic oxidation sites excluding steroid dienone is 1.